The van der Waals surface area contributed by atoms with Gasteiger partial charge >= 0.3 is 5.97 Å². The maximum atomic E-state index is 11.9. The van der Waals surface area contributed by atoms with Gasteiger partial charge in [0, 0.05) is 14.1 Å². The summed E-state index contributed by atoms with van der Waals surface area (Å²) in [6.07, 6.45) is -0.0151. The van der Waals surface area contributed by atoms with Gasteiger partial charge in [-0.1, -0.05) is 0 Å². The molecule has 102 valence electrons. The topological polar surface area (TPSA) is 102 Å². The molecule has 0 radical (unpaired) electrons. The molecule has 0 saturated heterocycles. The predicted molar refractivity (Wildman–Crippen MR) is 62.5 cm³/mol. The molecule has 7 nitrogen and oxygen atoms in total. The van der Waals surface area contributed by atoms with Crippen molar-refractivity contribution in [1.82, 2.24) is 10.6 Å². The van der Waals surface area contributed by atoms with Crippen molar-refractivity contribution in [1.29, 1.82) is 0 Å². The van der Waals surface area contributed by atoms with E-state index < -0.39 is 28.8 Å². The van der Waals surface area contributed by atoms with E-state index >= 15 is 0 Å². The lowest BCUT2D eigenvalue weighted by Gasteiger charge is -2.27. The summed E-state index contributed by atoms with van der Waals surface area (Å²) < 4.78 is 4.95. The SMILES string of the molecule is CNC(=O)C(C=O)(C(=O)NC)C(=O)OC(C)(C)C. The number of hydrogen-bond donors (Lipinski definition) is 2. The summed E-state index contributed by atoms with van der Waals surface area (Å²) in [6.45, 7) is 4.69. The molecule has 0 bridgehead atoms. The van der Waals surface area contributed by atoms with E-state index in [0.717, 1.165) is 0 Å². The maximum Gasteiger partial charge on any atom is 0.339 e. The number of esters is 1. The summed E-state index contributed by atoms with van der Waals surface area (Å²) in [4.78, 5) is 46.4. The van der Waals surface area contributed by atoms with E-state index in [1.165, 1.54) is 14.1 Å². The molecule has 0 atom stereocenters. The number of carbonyl (C=O) groups is 4. The molecule has 0 aliphatic heterocycles. The Balaban J connectivity index is 5.59. The van der Waals surface area contributed by atoms with Crippen LogP contribution < -0.4 is 10.6 Å². The van der Waals surface area contributed by atoms with Gasteiger partial charge in [0.2, 0.25) is 0 Å². The van der Waals surface area contributed by atoms with E-state index in [0.29, 0.717) is 0 Å². The summed E-state index contributed by atoms with van der Waals surface area (Å²) in [5, 5.41) is 4.21. The Bertz CT molecular complexity index is 354. The number of ether oxygens (including phenoxy) is 1. The number of carbonyl (C=O) groups excluding carboxylic acids is 4. The van der Waals surface area contributed by atoms with Gasteiger partial charge in [0.1, 0.15) is 5.60 Å². The highest BCUT2D eigenvalue weighted by Crippen LogP contribution is 2.21. The van der Waals surface area contributed by atoms with Crippen molar-refractivity contribution >= 4 is 24.1 Å². The summed E-state index contributed by atoms with van der Waals surface area (Å²) >= 11 is 0. The molecule has 2 amide bonds. The molecule has 0 aliphatic carbocycles. The lowest BCUT2D eigenvalue weighted by Crippen LogP contribution is -2.57. The predicted octanol–water partition coefficient (Wildman–Crippen LogP) is -0.995. The monoisotopic (exact) mass is 258 g/mol. The van der Waals surface area contributed by atoms with Crippen LogP contribution in [0.4, 0.5) is 0 Å². The minimum absolute atomic E-state index is 0.0151. The Morgan fingerprint density at radius 1 is 1.00 bits per heavy atom. The van der Waals surface area contributed by atoms with Crippen molar-refractivity contribution in [2.24, 2.45) is 5.41 Å². The summed E-state index contributed by atoms with van der Waals surface area (Å²) in [5.41, 5.74) is -3.44. The third-order valence-corrected chi connectivity index (χ3v) is 2.07. The standard InChI is InChI=1S/C11H18N2O5/c1-10(2,3)18-9(17)11(6-14,7(15)12-4)8(16)13-5/h6H,1-5H3,(H,12,15)(H,13,16). The zero-order valence-electron chi connectivity index (χ0n) is 11.1. The molecular weight excluding hydrogens is 240 g/mol. The number of nitrogens with one attached hydrogen (secondary N) is 2. The molecule has 7 heteroatoms. The van der Waals surface area contributed by atoms with Gasteiger partial charge in [0.05, 0.1) is 0 Å². The van der Waals surface area contributed by atoms with Gasteiger partial charge in [0.25, 0.3) is 17.2 Å². The van der Waals surface area contributed by atoms with E-state index in [4.69, 9.17) is 4.74 Å². The van der Waals surface area contributed by atoms with Crippen molar-refractivity contribution in [3.63, 3.8) is 0 Å². The van der Waals surface area contributed by atoms with E-state index in [-0.39, 0.29) is 6.29 Å². The van der Waals surface area contributed by atoms with Crippen LogP contribution in [0.2, 0.25) is 0 Å². The summed E-state index contributed by atoms with van der Waals surface area (Å²) in [6, 6.07) is 0. The van der Waals surface area contributed by atoms with Crippen LogP contribution in [0.5, 0.6) is 0 Å². The molecule has 18 heavy (non-hydrogen) atoms. The van der Waals surface area contributed by atoms with E-state index in [1.54, 1.807) is 20.8 Å². The lowest BCUT2D eigenvalue weighted by atomic mass is 9.87. The average molecular weight is 258 g/mol. The highest BCUT2D eigenvalue weighted by atomic mass is 16.6. The molecule has 0 fully saturated rings. The normalized spacial score (nSPS) is 11.4. The minimum atomic E-state index is -2.52. The molecule has 0 rings (SSSR count). The number of hydrogen-bond acceptors (Lipinski definition) is 5. The fourth-order valence-electron chi connectivity index (χ4n) is 1.20. The third kappa shape index (κ3) is 3.06. The quantitative estimate of drug-likeness (QED) is 0.383. The van der Waals surface area contributed by atoms with Crippen molar-refractivity contribution in [2.75, 3.05) is 14.1 Å². The first-order chi connectivity index (χ1) is 8.15. The largest absolute Gasteiger partial charge is 0.458 e. The molecule has 2 N–H and O–H groups in total. The van der Waals surface area contributed by atoms with Crippen LogP contribution >= 0.6 is 0 Å². The van der Waals surface area contributed by atoms with Gasteiger partial charge in [-0.2, -0.15) is 0 Å². The summed E-state index contributed by atoms with van der Waals surface area (Å²) in [5.74, 6) is -3.28. The van der Waals surface area contributed by atoms with Crippen LogP contribution in [0.25, 0.3) is 0 Å². The van der Waals surface area contributed by atoms with Gasteiger partial charge in [-0.3, -0.25) is 9.59 Å². The van der Waals surface area contributed by atoms with E-state index in [9.17, 15) is 19.2 Å². The Labute approximate surface area is 105 Å². The fraction of sp³-hybridized carbons (Fsp3) is 0.636. The Morgan fingerprint density at radius 2 is 1.39 bits per heavy atom. The number of amides is 2. The highest BCUT2D eigenvalue weighted by Gasteiger charge is 2.55. The van der Waals surface area contributed by atoms with Crippen LogP contribution in [0, 0.1) is 5.41 Å². The molecule has 0 heterocycles. The molecule has 0 aromatic heterocycles. The van der Waals surface area contributed by atoms with Crippen molar-refractivity contribution in [2.45, 2.75) is 26.4 Å². The highest BCUT2D eigenvalue weighted by molar-refractivity contribution is 6.31. The van der Waals surface area contributed by atoms with E-state index in [1.807, 2.05) is 0 Å². The Hall–Kier alpha value is -1.92. The second-order valence-electron chi connectivity index (χ2n) is 4.59. The number of rotatable bonds is 4. The molecule has 0 spiro atoms. The van der Waals surface area contributed by atoms with E-state index in [2.05, 4.69) is 10.6 Å². The maximum absolute atomic E-state index is 11.9. The number of aldehydes is 1. The van der Waals surface area contributed by atoms with Gasteiger partial charge in [-0.25, -0.2) is 4.79 Å². The van der Waals surface area contributed by atoms with Gasteiger partial charge < -0.3 is 20.2 Å². The van der Waals surface area contributed by atoms with Crippen LogP contribution in [0.15, 0.2) is 0 Å². The molecule has 0 unspecified atom stereocenters. The Kier molecular flexibility index (Phi) is 5.01. The van der Waals surface area contributed by atoms with Crippen LogP contribution in [-0.2, 0) is 23.9 Å². The fourth-order valence-corrected chi connectivity index (χ4v) is 1.20. The van der Waals surface area contributed by atoms with Gasteiger partial charge in [-0.15, -0.1) is 0 Å². The van der Waals surface area contributed by atoms with Crippen LogP contribution in [0.3, 0.4) is 0 Å². The van der Waals surface area contributed by atoms with Crippen LogP contribution in [0.1, 0.15) is 20.8 Å². The molecule has 0 aromatic rings. The molecule has 0 saturated carbocycles. The second kappa shape index (κ2) is 5.61. The second-order valence-corrected chi connectivity index (χ2v) is 4.59. The first kappa shape index (κ1) is 16.1. The Morgan fingerprint density at radius 3 is 1.61 bits per heavy atom. The van der Waals surface area contributed by atoms with Crippen molar-refractivity contribution < 1.29 is 23.9 Å². The smallest absolute Gasteiger partial charge is 0.339 e. The average Bonchev–Trinajstić information content (AvgIpc) is 2.27. The third-order valence-electron chi connectivity index (χ3n) is 2.07. The summed E-state index contributed by atoms with van der Waals surface area (Å²) in [7, 11) is 2.43. The minimum Gasteiger partial charge on any atom is -0.458 e. The molecular formula is C11H18N2O5. The first-order valence-corrected chi connectivity index (χ1v) is 5.29. The molecule has 0 aliphatic rings. The zero-order valence-corrected chi connectivity index (χ0v) is 11.1. The first-order valence-electron chi connectivity index (χ1n) is 5.29. The molecule has 0 aromatic carbocycles. The van der Waals surface area contributed by atoms with Gasteiger partial charge in [-0.05, 0) is 20.8 Å². The van der Waals surface area contributed by atoms with Crippen LogP contribution in [-0.4, -0.2) is 43.8 Å². The zero-order chi connectivity index (χ0) is 14.6. The van der Waals surface area contributed by atoms with Crippen molar-refractivity contribution in [3.05, 3.63) is 0 Å². The van der Waals surface area contributed by atoms with Gasteiger partial charge in [0.15, 0.2) is 6.29 Å². The van der Waals surface area contributed by atoms with Crippen molar-refractivity contribution in [3.8, 4) is 0 Å². The lowest BCUT2D eigenvalue weighted by molar-refractivity contribution is -0.173.